The lowest BCUT2D eigenvalue weighted by molar-refractivity contribution is -0.118. The molecule has 33 heavy (non-hydrogen) atoms. The third kappa shape index (κ3) is 2.44. The Hall–Kier alpha value is -3.79. The van der Waals surface area contributed by atoms with Gasteiger partial charge in [-0.25, -0.2) is 0 Å². The third-order valence-electron chi connectivity index (χ3n) is 7.53. The van der Waals surface area contributed by atoms with Crippen molar-refractivity contribution < 1.29 is 14.4 Å². The second-order valence-corrected chi connectivity index (χ2v) is 9.29. The monoisotopic (exact) mass is 433 g/mol. The van der Waals surface area contributed by atoms with Gasteiger partial charge in [-0.05, 0) is 37.1 Å². The Morgan fingerprint density at radius 3 is 2.15 bits per heavy atom. The van der Waals surface area contributed by atoms with Gasteiger partial charge in [-0.15, -0.1) is 0 Å². The maximum absolute atomic E-state index is 14.2. The summed E-state index contributed by atoms with van der Waals surface area (Å²) in [5, 5.41) is 0. The van der Waals surface area contributed by atoms with Gasteiger partial charge in [-0.3, -0.25) is 14.4 Å². The Kier molecular flexibility index (Phi) is 4.12. The highest BCUT2D eigenvalue weighted by Gasteiger charge is 2.71. The van der Waals surface area contributed by atoms with Crippen molar-refractivity contribution in [1.82, 2.24) is 0 Å². The minimum absolute atomic E-state index is 0.0518. The van der Waals surface area contributed by atoms with Gasteiger partial charge in [0.1, 0.15) is 5.41 Å². The van der Waals surface area contributed by atoms with Crippen LogP contribution in [0.4, 0.5) is 5.69 Å². The Labute approximate surface area is 192 Å². The summed E-state index contributed by atoms with van der Waals surface area (Å²) < 4.78 is 0. The van der Waals surface area contributed by atoms with Gasteiger partial charge in [0.15, 0.2) is 17.3 Å². The van der Waals surface area contributed by atoms with Crippen LogP contribution in [0, 0.1) is 12.3 Å². The van der Waals surface area contributed by atoms with Gasteiger partial charge in [0.2, 0.25) is 0 Å². The Morgan fingerprint density at radius 2 is 1.52 bits per heavy atom. The van der Waals surface area contributed by atoms with Crippen molar-refractivity contribution in [1.29, 1.82) is 0 Å². The van der Waals surface area contributed by atoms with Gasteiger partial charge in [0.25, 0.3) is 0 Å². The normalized spacial score (nSPS) is 24.1. The molecule has 2 heterocycles. The van der Waals surface area contributed by atoms with Crippen molar-refractivity contribution in [3.05, 3.63) is 107 Å². The van der Waals surface area contributed by atoms with Crippen molar-refractivity contribution in [2.75, 3.05) is 4.90 Å². The van der Waals surface area contributed by atoms with E-state index in [9.17, 15) is 14.4 Å². The van der Waals surface area contributed by atoms with Crippen LogP contribution in [0.3, 0.4) is 0 Å². The highest BCUT2D eigenvalue weighted by molar-refractivity contribution is 6.32. The molecule has 6 rings (SSSR count). The summed E-state index contributed by atoms with van der Waals surface area (Å²) in [5.41, 5.74) is 3.36. The maximum Gasteiger partial charge on any atom is 0.180 e. The van der Waals surface area contributed by atoms with Crippen molar-refractivity contribution in [3.8, 4) is 0 Å². The molecule has 3 aliphatic rings. The number of benzene rings is 3. The molecule has 0 N–H and O–H groups in total. The number of Topliss-reactive ketones (excluding diaryl/α,β-unsaturated/α-hetero) is 3. The molecule has 3 aromatic carbocycles. The average molecular weight is 434 g/mol. The van der Waals surface area contributed by atoms with E-state index in [1.807, 2.05) is 66.4 Å². The topological polar surface area (TPSA) is 54.5 Å². The van der Waals surface area contributed by atoms with E-state index in [1.54, 1.807) is 31.2 Å². The molecule has 3 aromatic rings. The van der Waals surface area contributed by atoms with E-state index >= 15 is 0 Å². The lowest BCUT2D eigenvalue weighted by atomic mass is 9.64. The van der Waals surface area contributed by atoms with E-state index in [4.69, 9.17) is 0 Å². The predicted octanol–water partition coefficient (Wildman–Crippen LogP) is 5.02. The number of fused-ring (bicyclic) bond motifs is 5. The molecular formula is C29H23NO3. The second-order valence-electron chi connectivity index (χ2n) is 9.29. The summed E-state index contributed by atoms with van der Waals surface area (Å²) >= 11 is 0. The largest absolute Gasteiger partial charge is 0.352 e. The predicted molar refractivity (Wildman–Crippen MR) is 128 cm³/mol. The molecule has 4 nitrogen and oxygen atoms in total. The van der Waals surface area contributed by atoms with Crippen molar-refractivity contribution >= 4 is 29.1 Å². The van der Waals surface area contributed by atoms with Crippen molar-refractivity contribution in [3.63, 3.8) is 0 Å². The summed E-state index contributed by atoms with van der Waals surface area (Å²) in [6, 6.07) is 21.6. The molecule has 1 saturated heterocycles. The van der Waals surface area contributed by atoms with Gasteiger partial charge in [0.05, 0.1) is 12.1 Å². The first kappa shape index (κ1) is 19.9. The Balaban J connectivity index is 1.68. The number of nitrogens with zero attached hydrogens (tertiary/aromatic N) is 1. The highest BCUT2D eigenvalue weighted by atomic mass is 16.2. The van der Waals surface area contributed by atoms with Gasteiger partial charge in [-0.2, -0.15) is 0 Å². The first-order valence-electron chi connectivity index (χ1n) is 11.3. The number of hydrogen-bond donors (Lipinski definition) is 0. The van der Waals surface area contributed by atoms with Crippen LogP contribution >= 0.6 is 0 Å². The molecule has 1 fully saturated rings. The fraction of sp³-hybridized carbons (Fsp3) is 0.207. The zero-order valence-electron chi connectivity index (χ0n) is 18.5. The number of hydrogen-bond acceptors (Lipinski definition) is 4. The Bertz CT molecular complexity index is 1340. The molecule has 1 unspecified atom stereocenters. The van der Waals surface area contributed by atoms with Crippen molar-refractivity contribution in [2.45, 2.75) is 31.8 Å². The first-order valence-corrected chi connectivity index (χ1v) is 11.3. The zero-order valence-corrected chi connectivity index (χ0v) is 18.5. The number of carbonyl (C=O) groups excluding carboxylic acids is 3. The average Bonchev–Trinajstić information content (AvgIpc) is 3.26. The lowest BCUT2D eigenvalue weighted by Crippen LogP contribution is -2.48. The lowest BCUT2D eigenvalue weighted by Gasteiger charge is -2.37. The molecular weight excluding hydrogens is 410 g/mol. The second kappa shape index (κ2) is 6.85. The number of aryl methyl sites for hydroxylation is 1. The summed E-state index contributed by atoms with van der Waals surface area (Å²) in [4.78, 5) is 43.8. The fourth-order valence-electron chi connectivity index (χ4n) is 6.28. The van der Waals surface area contributed by atoms with E-state index in [2.05, 4.69) is 6.07 Å². The van der Waals surface area contributed by atoms with Gasteiger partial charge < -0.3 is 4.90 Å². The molecule has 0 saturated carbocycles. The molecule has 0 aromatic heterocycles. The van der Waals surface area contributed by atoms with Crippen LogP contribution in [-0.2, 0) is 4.79 Å². The molecule has 1 aliphatic carbocycles. The molecule has 0 bridgehead atoms. The number of carbonyl (C=O) groups is 3. The van der Waals surface area contributed by atoms with Crippen LogP contribution in [0.25, 0.3) is 6.08 Å². The van der Waals surface area contributed by atoms with E-state index in [1.165, 1.54) is 0 Å². The molecule has 0 amide bonds. The summed E-state index contributed by atoms with van der Waals surface area (Å²) in [6.45, 7) is 3.60. The maximum atomic E-state index is 14.2. The summed E-state index contributed by atoms with van der Waals surface area (Å²) in [7, 11) is 0. The quantitative estimate of drug-likeness (QED) is 0.533. The summed E-state index contributed by atoms with van der Waals surface area (Å²) in [5.74, 6) is -1.01. The first-order chi connectivity index (χ1) is 16.0. The molecule has 1 spiro atoms. The molecule has 162 valence electrons. The van der Waals surface area contributed by atoms with E-state index < -0.39 is 23.4 Å². The smallest absolute Gasteiger partial charge is 0.180 e. The van der Waals surface area contributed by atoms with E-state index in [0.29, 0.717) is 11.1 Å². The van der Waals surface area contributed by atoms with Crippen LogP contribution in [0.15, 0.2) is 78.9 Å². The molecule has 4 heteroatoms. The number of rotatable bonds is 2. The van der Waals surface area contributed by atoms with Gasteiger partial charge >= 0.3 is 0 Å². The zero-order chi connectivity index (χ0) is 22.9. The van der Waals surface area contributed by atoms with Crippen LogP contribution in [-0.4, -0.2) is 29.4 Å². The van der Waals surface area contributed by atoms with E-state index in [0.717, 1.165) is 22.4 Å². The van der Waals surface area contributed by atoms with Crippen LogP contribution in [0.2, 0.25) is 0 Å². The van der Waals surface area contributed by atoms with Gasteiger partial charge in [-0.1, -0.05) is 78.4 Å². The highest BCUT2D eigenvalue weighted by Crippen LogP contribution is 2.60. The van der Waals surface area contributed by atoms with Crippen LogP contribution < -0.4 is 4.90 Å². The van der Waals surface area contributed by atoms with Crippen molar-refractivity contribution in [2.24, 2.45) is 5.41 Å². The fourth-order valence-corrected chi connectivity index (χ4v) is 6.28. The standard InChI is InChI=1S/C29H23NO3/c1-17-12-14-23-20(16-17)13-15-24-29(27(32)21-10-6-7-11-22(21)28(29)33)25(19-8-4-3-5-9-19)26(18(2)31)30(23)24/h3-16,24-26H,1-2H3/t24?,25-,26-/m1/s1. The van der Waals surface area contributed by atoms with Crippen LogP contribution in [0.5, 0.6) is 0 Å². The third-order valence-corrected chi connectivity index (χ3v) is 7.53. The molecule has 3 atom stereocenters. The minimum Gasteiger partial charge on any atom is -0.352 e. The van der Waals surface area contributed by atoms with E-state index in [-0.39, 0.29) is 17.3 Å². The van der Waals surface area contributed by atoms with Gasteiger partial charge in [0, 0.05) is 22.7 Å². The number of anilines is 1. The number of ketones is 3. The molecule has 0 radical (unpaired) electrons. The minimum atomic E-state index is -1.39. The Morgan fingerprint density at radius 1 is 0.879 bits per heavy atom. The van der Waals surface area contributed by atoms with Crippen LogP contribution in [0.1, 0.15) is 50.2 Å². The SMILES string of the molecule is CC(=O)[C@@H]1[C@@H](c2ccccc2)C2(C(=O)c3ccccc3C2=O)C2C=Cc3cc(C)ccc3N21. The molecule has 2 aliphatic heterocycles. The summed E-state index contributed by atoms with van der Waals surface area (Å²) in [6.07, 6.45) is 3.96.